The van der Waals surface area contributed by atoms with E-state index in [4.69, 9.17) is 5.10 Å². The second-order valence-corrected chi connectivity index (χ2v) is 7.92. The lowest BCUT2D eigenvalue weighted by Gasteiger charge is -2.30. The number of pyridine rings is 1. The van der Waals surface area contributed by atoms with Gasteiger partial charge in [-0.05, 0) is 37.6 Å². The van der Waals surface area contributed by atoms with Crippen LogP contribution >= 0.6 is 0 Å². The molecule has 3 aromatic rings. The maximum Gasteiger partial charge on any atom is 0.430 e. The number of piperidine rings is 1. The summed E-state index contributed by atoms with van der Waals surface area (Å²) in [6.45, 7) is 3.82. The van der Waals surface area contributed by atoms with E-state index in [9.17, 15) is 18.0 Å². The van der Waals surface area contributed by atoms with Crippen LogP contribution in [-0.4, -0.2) is 40.1 Å². The van der Waals surface area contributed by atoms with Gasteiger partial charge in [-0.25, -0.2) is 9.78 Å². The molecule has 0 bridgehead atoms. The Kier molecular flexibility index (Phi) is 4.62. The average Bonchev–Trinajstić information content (AvgIpc) is 3.11. The van der Waals surface area contributed by atoms with Crippen LogP contribution in [0, 0.1) is 5.92 Å². The van der Waals surface area contributed by atoms with E-state index in [1.807, 2.05) is 28.9 Å². The molecule has 2 aliphatic rings. The van der Waals surface area contributed by atoms with Gasteiger partial charge >= 0.3 is 12.3 Å². The summed E-state index contributed by atoms with van der Waals surface area (Å²) >= 11 is 0. The Morgan fingerprint density at radius 2 is 2.03 bits per heavy atom. The quantitative estimate of drug-likeness (QED) is 0.627. The summed E-state index contributed by atoms with van der Waals surface area (Å²) in [7, 11) is 0. The lowest BCUT2D eigenvalue weighted by Crippen LogP contribution is -2.36. The number of hydrogen-bond donors (Lipinski definition) is 2. The molecule has 2 aliphatic heterocycles. The minimum absolute atomic E-state index is 0.118. The number of fused-ring (bicyclic) bond motifs is 2. The molecule has 7 nitrogen and oxygen atoms in total. The first kappa shape index (κ1) is 19.8. The molecular formula is C21H20F3N5O2. The van der Waals surface area contributed by atoms with Gasteiger partial charge in [-0.3, -0.25) is 10.00 Å². The maximum absolute atomic E-state index is 13.8. The first-order valence-electron chi connectivity index (χ1n) is 10.1. The molecule has 5 rings (SSSR count). The monoisotopic (exact) mass is 431 g/mol. The fraction of sp³-hybridized carbons (Fsp3) is 0.381. The number of carbonyl (C=O) groups excluding carboxylic acids is 1. The number of carbonyl (C=O) groups is 1. The SMILES string of the molecule is C[C@@H]1CNCC[C@@H]1n1nc(-c2ccnc3c2[C@H](C(F)(F)F)OC(=O)N3)c2ccccc21. The zero-order valence-corrected chi connectivity index (χ0v) is 16.6. The molecule has 0 spiro atoms. The molecule has 1 aromatic carbocycles. The highest BCUT2D eigenvalue weighted by molar-refractivity contribution is 5.97. The van der Waals surface area contributed by atoms with Crippen LogP contribution in [0.4, 0.5) is 23.8 Å². The van der Waals surface area contributed by atoms with Crippen molar-refractivity contribution in [3.05, 3.63) is 42.1 Å². The van der Waals surface area contributed by atoms with E-state index in [2.05, 4.69) is 27.3 Å². The molecule has 31 heavy (non-hydrogen) atoms. The van der Waals surface area contributed by atoms with Gasteiger partial charge in [-0.1, -0.05) is 25.1 Å². The third kappa shape index (κ3) is 3.31. The number of anilines is 1. The molecule has 1 saturated heterocycles. The fourth-order valence-corrected chi connectivity index (χ4v) is 4.47. The number of ether oxygens (including phenoxy) is 1. The lowest BCUT2D eigenvalue weighted by atomic mass is 9.95. The summed E-state index contributed by atoms with van der Waals surface area (Å²) < 4.78 is 47.9. The first-order valence-corrected chi connectivity index (χ1v) is 10.1. The average molecular weight is 431 g/mol. The molecule has 2 N–H and O–H groups in total. The number of amides is 1. The van der Waals surface area contributed by atoms with Crippen LogP contribution in [0.2, 0.25) is 0 Å². The molecule has 0 unspecified atom stereocenters. The predicted octanol–water partition coefficient (Wildman–Crippen LogP) is 4.43. The van der Waals surface area contributed by atoms with E-state index in [1.54, 1.807) is 0 Å². The Balaban J connectivity index is 1.73. The highest BCUT2D eigenvalue weighted by Crippen LogP contribution is 2.46. The summed E-state index contributed by atoms with van der Waals surface area (Å²) in [4.78, 5) is 15.6. The van der Waals surface area contributed by atoms with Crippen molar-refractivity contribution in [2.75, 3.05) is 18.4 Å². The highest BCUT2D eigenvalue weighted by Gasteiger charge is 2.49. The molecule has 2 aromatic heterocycles. The summed E-state index contributed by atoms with van der Waals surface area (Å²) in [5.74, 6) is 0.145. The van der Waals surface area contributed by atoms with Gasteiger partial charge < -0.3 is 10.1 Å². The number of nitrogens with zero attached hydrogens (tertiary/aromatic N) is 3. The summed E-state index contributed by atoms with van der Waals surface area (Å²) in [6, 6.07) is 9.10. The third-order valence-corrected chi connectivity index (χ3v) is 5.92. The first-order chi connectivity index (χ1) is 14.8. The van der Waals surface area contributed by atoms with Gasteiger partial charge in [-0.2, -0.15) is 18.3 Å². The normalized spacial score (nSPS) is 23.9. The van der Waals surface area contributed by atoms with Crippen LogP contribution in [0.1, 0.15) is 31.1 Å². The number of halogens is 3. The van der Waals surface area contributed by atoms with Crippen LogP contribution in [-0.2, 0) is 4.74 Å². The molecule has 0 saturated carbocycles. The minimum atomic E-state index is -4.79. The van der Waals surface area contributed by atoms with Crippen molar-refractivity contribution in [2.24, 2.45) is 5.92 Å². The lowest BCUT2D eigenvalue weighted by molar-refractivity contribution is -0.206. The highest BCUT2D eigenvalue weighted by atomic mass is 19.4. The van der Waals surface area contributed by atoms with E-state index in [1.165, 1.54) is 12.3 Å². The van der Waals surface area contributed by atoms with Crippen LogP contribution in [0.5, 0.6) is 0 Å². The molecule has 10 heteroatoms. The Morgan fingerprint density at radius 3 is 2.81 bits per heavy atom. The number of alkyl halides is 3. The molecule has 0 radical (unpaired) electrons. The van der Waals surface area contributed by atoms with Crippen molar-refractivity contribution in [3.63, 3.8) is 0 Å². The van der Waals surface area contributed by atoms with E-state index >= 15 is 0 Å². The molecule has 3 atom stereocenters. The number of nitrogens with one attached hydrogen (secondary N) is 2. The standard InChI is InChI=1S/C21H20F3N5O2/c1-11-10-25-8-7-14(11)29-15-5-3-2-4-12(15)17(28-29)13-6-9-26-19-16(13)18(21(22,23)24)31-20(30)27-19/h2-6,9,11,14,18,25H,7-8,10H2,1H3,(H,26,27,30)/t11-,14+,18-/m1/s1. The number of benzene rings is 1. The van der Waals surface area contributed by atoms with Crippen LogP contribution < -0.4 is 10.6 Å². The van der Waals surface area contributed by atoms with E-state index in [-0.39, 0.29) is 23.0 Å². The number of rotatable bonds is 2. The van der Waals surface area contributed by atoms with Crippen molar-refractivity contribution in [1.29, 1.82) is 0 Å². The van der Waals surface area contributed by atoms with Crippen LogP contribution in [0.15, 0.2) is 36.5 Å². The van der Waals surface area contributed by atoms with Gasteiger partial charge in [0.25, 0.3) is 0 Å². The topological polar surface area (TPSA) is 81.1 Å². The number of aromatic nitrogens is 3. The van der Waals surface area contributed by atoms with Crippen molar-refractivity contribution in [1.82, 2.24) is 20.1 Å². The van der Waals surface area contributed by atoms with Gasteiger partial charge in [0, 0.05) is 17.1 Å². The van der Waals surface area contributed by atoms with E-state index in [0.717, 1.165) is 30.4 Å². The van der Waals surface area contributed by atoms with E-state index in [0.29, 0.717) is 11.6 Å². The largest absolute Gasteiger partial charge is 0.431 e. The minimum Gasteiger partial charge on any atom is -0.431 e. The second kappa shape index (κ2) is 7.23. The molecule has 0 aliphatic carbocycles. The molecular weight excluding hydrogens is 411 g/mol. The smallest absolute Gasteiger partial charge is 0.430 e. The Morgan fingerprint density at radius 1 is 1.23 bits per heavy atom. The zero-order chi connectivity index (χ0) is 21.8. The summed E-state index contributed by atoms with van der Waals surface area (Å²) in [5.41, 5.74) is 1.27. The number of para-hydroxylation sites is 1. The van der Waals surface area contributed by atoms with Crippen molar-refractivity contribution >= 4 is 22.8 Å². The van der Waals surface area contributed by atoms with Gasteiger partial charge in [0.2, 0.25) is 6.10 Å². The van der Waals surface area contributed by atoms with Crippen molar-refractivity contribution < 1.29 is 22.7 Å². The second-order valence-electron chi connectivity index (χ2n) is 7.92. The fourth-order valence-electron chi connectivity index (χ4n) is 4.47. The molecule has 162 valence electrons. The predicted molar refractivity (Wildman–Crippen MR) is 108 cm³/mol. The Hall–Kier alpha value is -3.14. The summed E-state index contributed by atoms with van der Waals surface area (Å²) in [5, 5.41) is 11.2. The zero-order valence-electron chi connectivity index (χ0n) is 16.6. The number of hydrogen-bond acceptors (Lipinski definition) is 5. The van der Waals surface area contributed by atoms with Crippen molar-refractivity contribution in [2.45, 2.75) is 31.7 Å². The molecule has 1 fully saturated rings. The maximum atomic E-state index is 13.8. The van der Waals surface area contributed by atoms with Gasteiger partial charge in [0.1, 0.15) is 11.5 Å². The summed E-state index contributed by atoms with van der Waals surface area (Å²) in [6.07, 6.45) is -6.15. The van der Waals surface area contributed by atoms with Crippen LogP contribution in [0.3, 0.4) is 0 Å². The van der Waals surface area contributed by atoms with Crippen LogP contribution in [0.25, 0.3) is 22.2 Å². The van der Waals surface area contributed by atoms with E-state index < -0.39 is 18.4 Å². The van der Waals surface area contributed by atoms with Gasteiger partial charge in [-0.15, -0.1) is 0 Å². The number of cyclic esters (lactones) is 1. The Bertz CT molecular complexity index is 1160. The van der Waals surface area contributed by atoms with Gasteiger partial charge in [0.15, 0.2) is 0 Å². The van der Waals surface area contributed by atoms with Crippen molar-refractivity contribution in [3.8, 4) is 11.3 Å². The Labute approximate surface area is 175 Å². The molecule has 1 amide bonds. The third-order valence-electron chi connectivity index (χ3n) is 5.92. The molecule has 4 heterocycles. The van der Waals surface area contributed by atoms with Gasteiger partial charge in [0.05, 0.1) is 17.1 Å².